The van der Waals surface area contributed by atoms with Gasteiger partial charge in [-0.25, -0.2) is 13.1 Å². The molecule has 3 rings (SSSR count). The van der Waals surface area contributed by atoms with E-state index in [0.717, 1.165) is 18.7 Å². The lowest BCUT2D eigenvalue weighted by molar-refractivity contribution is 0.0172. The summed E-state index contributed by atoms with van der Waals surface area (Å²) in [5.74, 6) is 0. The van der Waals surface area contributed by atoms with Crippen molar-refractivity contribution in [3.63, 3.8) is 0 Å². The molecule has 1 unspecified atom stereocenters. The monoisotopic (exact) mass is 378 g/mol. The maximum Gasteiger partial charge on any atom is 0.244 e. The minimum Gasteiger partial charge on any atom is -0.379 e. The molecule has 1 aromatic carbocycles. The van der Waals surface area contributed by atoms with Crippen LogP contribution in [-0.2, 0) is 14.8 Å². The molecule has 7 nitrogen and oxygen atoms in total. The quantitative estimate of drug-likeness (QED) is 0.799. The minimum atomic E-state index is -3.63. The summed E-state index contributed by atoms with van der Waals surface area (Å²) < 4.78 is 33.8. The van der Waals surface area contributed by atoms with E-state index in [4.69, 9.17) is 4.74 Å². The standard InChI is InChI=1S/C18H26N4O3S/c1-13-4-6-16(7-5-13)17(22-8-10-25-11-9-22)12-19-26(23,24)18-14(2)20-21-15(18)3/h4-7,17,19H,8-12H2,1-3H3,(H,20,21). The summed E-state index contributed by atoms with van der Waals surface area (Å²) in [7, 11) is -3.63. The van der Waals surface area contributed by atoms with Gasteiger partial charge in [0.15, 0.2) is 0 Å². The maximum absolute atomic E-state index is 12.8. The van der Waals surface area contributed by atoms with Crippen LogP contribution in [0.3, 0.4) is 0 Å². The number of aromatic amines is 1. The predicted molar refractivity (Wildman–Crippen MR) is 99.6 cm³/mol. The lowest BCUT2D eigenvalue weighted by Crippen LogP contribution is -2.43. The molecule has 1 saturated heterocycles. The van der Waals surface area contributed by atoms with Crippen molar-refractivity contribution < 1.29 is 13.2 Å². The number of rotatable bonds is 6. The average molecular weight is 378 g/mol. The fourth-order valence-corrected chi connectivity index (χ4v) is 4.74. The smallest absolute Gasteiger partial charge is 0.244 e. The van der Waals surface area contributed by atoms with E-state index in [2.05, 4.69) is 44.1 Å². The Bertz CT molecular complexity index is 820. The molecule has 0 aliphatic carbocycles. The van der Waals surface area contributed by atoms with Crippen molar-refractivity contribution in [2.45, 2.75) is 31.7 Å². The number of aromatic nitrogens is 2. The fourth-order valence-electron chi connectivity index (χ4n) is 3.33. The number of benzene rings is 1. The molecule has 1 aromatic heterocycles. The van der Waals surface area contributed by atoms with Gasteiger partial charge in [-0.2, -0.15) is 5.10 Å². The Balaban J connectivity index is 1.82. The molecule has 2 N–H and O–H groups in total. The molecule has 1 aliphatic rings. The molecular weight excluding hydrogens is 352 g/mol. The van der Waals surface area contributed by atoms with Crippen molar-refractivity contribution in [3.05, 3.63) is 46.8 Å². The van der Waals surface area contributed by atoms with Gasteiger partial charge in [0.25, 0.3) is 0 Å². The number of H-pyrrole nitrogens is 1. The molecule has 1 atom stereocenters. The highest BCUT2D eigenvalue weighted by atomic mass is 32.2. The summed E-state index contributed by atoms with van der Waals surface area (Å²) in [6, 6.07) is 8.21. The number of nitrogens with one attached hydrogen (secondary N) is 2. The molecule has 1 fully saturated rings. The van der Waals surface area contributed by atoms with E-state index >= 15 is 0 Å². The summed E-state index contributed by atoms with van der Waals surface area (Å²) >= 11 is 0. The largest absolute Gasteiger partial charge is 0.379 e. The number of nitrogens with zero attached hydrogens (tertiary/aromatic N) is 2. The van der Waals surface area contributed by atoms with Crippen LogP contribution in [0.5, 0.6) is 0 Å². The zero-order valence-electron chi connectivity index (χ0n) is 15.4. The van der Waals surface area contributed by atoms with Gasteiger partial charge >= 0.3 is 0 Å². The van der Waals surface area contributed by atoms with Gasteiger partial charge in [0.1, 0.15) is 4.90 Å². The second-order valence-electron chi connectivity index (χ2n) is 6.69. The van der Waals surface area contributed by atoms with Gasteiger partial charge in [-0.1, -0.05) is 29.8 Å². The zero-order chi connectivity index (χ0) is 18.7. The Morgan fingerprint density at radius 2 is 1.85 bits per heavy atom. The van der Waals surface area contributed by atoms with Gasteiger partial charge in [-0.3, -0.25) is 10.00 Å². The van der Waals surface area contributed by atoms with Crippen LogP contribution in [0.25, 0.3) is 0 Å². The molecule has 0 radical (unpaired) electrons. The first-order valence-electron chi connectivity index (χ1n) is 8.78. The number of morpholine rings is 1. The van der Waals surface area contributed by atoms with Gasteiger partial charge in [-0.15, -0.1) is 0 Å². The summed E-state index contributed by atoms with van der Waals surface area (Å²) in [5.41, 5.74) is 3.31. The molecule has 0 spiro atoms. The van der Waals surface area contributed by atoms with Crippen molar-refractivity contribution in [1.29, 1.82) is 0 Å². The highest BCUT2D eigenvalue weighted by molar-refractivity contribution is 7.89. The number of hydrogen-bond acceptors (Lipinski definition) is 5. The molecule has 1 aliphatic heterocycles. The molecule has 26 heavy (non-hydrogen) atoms. The SMILES string of the molecule is Cc1ccc(C(CNS(=O)(=O)c2c(C)n[nH]c2C)N2CCOCC2)cc1. The van der Waals surface area contributed by atoms with Gasteiger partial charge in [0.05, 0.1) is 24.6 Å². The van der Waals surface area contributed by atoms with Crippen LogP contribution >= 0.6 is 0 Å². The van der Waals surface area contributed by atoms with Crippen LogP contribution in [-0.4, -0.2) is 56.4 Å². The van der Waals surface area contributed by atoms with Gasteiger partial charge in [0, 0.05) is 25.7 Å². The molecule has 142 valence electrons. The van der Waals surface area contributed by atoms with Crippen LogP contribution in [0.15, 0.2) is 29.2 Å². The molecular formula is C18H26N4O3S. The van der Waals surface area contributed by atoms with Crippen LogP contribution in [0.2, 0.25) is 0 Å². The van der Waals surface area contributed by atoms with E-state index in [1.165, 1.54) is 5.56 Å². The summed E-state index contributed by atoms with van der Waals surface area (Å²) in [5, 5.41) is 6.73. The van der Waals surface area contributed by atoms with Crippen LogP contribution < -0.4 is 4.72 Å². The Morgan fingerprint density at radius 1 is 1.19 bits per heavy atom. The van der Waals surface area contributed by atoms with Gasteiger partial charge < -0.3 is 4.74 Å². The van der Waals surface area contributed by atoms with E-state index < -0.39 is 10.0 Å². The molecule has 2 heterocycles. The molecule has 8 heteroatoms. The van der Waals surface area contributed by atoms with E-state index in [0.29, 0.717) is 31.1 Å². The van der Waals surface area contributed by atoms with E-state index in [1.54, 1.807) is 13.8 Å². The summed E-state index contributed by atoms with van der Waals surface area (Å²) in [4.78, 5) is 2.51. The minimum absolute atomic E-state index is 0.0400. The molecule has 0 saturated carbocycles. The first-order chi connectivity index (χ1) is 12.4. The zero-order valence-corrected chi connectivity index (χ0v) is 16.3. The van der Waals surface area contributed by atoms with E-state index in [9.17, 15) is 8.42 Å². The molecule has 0 bridgehead atoms. The third kappa shape index (κ3) is 4.15. The first-order valence-corrected chi connectivity index (χ1v) is 10.3. The third-order valence-corrected chi connectivity index (χ3v) is 6.43. The van der Waals surface area contributed by atoms with Crippen LogP contribution in [0, 0.1) is 20.8 Å². The van der Waals surface area contributed by atoms with Gasteiger partial charge in [-0.05, 0) is 26.3 Å². The van der Waals surface area contributed by atoms with Crippen molar-refractivity contribution in [3.8, 4) is 0 Å². The van der Waals surface area contributed by atoms with Crippen molar-refractivity contribution in [1.82, 2.24) is 19.8 Å². The number of ether oxygens (including phenoxy) is 1. The van der Waals surface area contributed by atoms with E-state index in [-0.39, 0.29) is 10.9 Å². The topological polar surface area (TPSA) is 87.3 Å². The lowest BCUT2D eigenvalue weighted by Gasteiger charge is -2.35. The van der Waals surface area contributed by atoms with Gasteiger partial charge in [0.2, 0.25) is 10.0 Å². The highest BCUT2D eigenvalue weighted by Gasteiger charge is 2.27. The number of sulfonamides is 1. The average Bonchev–Trinajstić information content (AvgIpc) is 2.97. The highest BCUT2D eigenvalue weighted by Crippen LogP contribution is 2.23. The Morgan fingerprint density at radius 3 is 2.42 bits per heavy atom. The Labute approximate surface area is 154 Å². The lowest BCUT2D eigenvalue weighted by atomic mass is 10.0. The summed E-state index contributed by atoms with van der Waals surface area (Å²) in [6.45, 7) is 8.64. The fraction of sp³-hybridized carbons (Fsp3) is 0.500. The van der Waals surface area contributed by atoms with Crippen LogP contribution in [0.4, 0.5) is 0 Å². The second kappa shape index (κ2) is 7.87. The first kappa shape index (κ1) is 19.0. The van der Waals surface area contributed by atoms with E-state index in [1.807, 2.05) is 6.92 Å². The van der Waals surface area contributed by atoms with Crippen LogP contribution in [0.1, 0.15) is 28.6 Å². The number of aryl methyl sites for hydroxylation is 3. The normalized spacial score (nSPS) is 17.3. The van der Waals surface area contributed by atoms with Crippen molar-refractivity contribution in [2.75, 3.05) is 32.8 Å². The predicted octanol–water partition coefficient (Wildman–Crippen LogP) is 1.69. The number of hydrogen-bond donors (Lipinski definition) is 2. The molecule has 0 amide bonds. The molecule has 2 aromatic rings. The van der Waals surface area contributed by atoms with Crippen molar-refractivity contribution in [2.24, 2.45) is 0 Å². The third-order valence-electron chi connectivity index (χ3n) is 4.74. The van der Waals surface area contributed by atoms with Crippen molar-refractivity contribution >= 4 is 10.0 Å². The summed E-state index contributed by atoms with van der Waals surface area (Å²) in [6.07, 6.45) is 0. The second-order valence-corrected chi connectivity index (χ2v) is 8.39. The Kier molecular flexibility index (Phi) is 5.76. The maximum atomic E-state index is 12.8. The Hall–Kier alpha value is -1.74.